The maximum absolute atomic E-state index is 5.51. The number of nitrogens with zero attached hydrogens (tertiary/aromatic N) is 2. The van der Waals surface area contributed by atoms with Crippen LogP contribution in [-0.4, -0.2) is 35.1 Å². The van der Waals surface area contributed by atoms with Gasteiger partial charge in [0.05, 0.1) is 12.3 Å². The fourth-order valence-electron chi connectivity index (χ4n) is 2.18. The second-order valence-corrected chi connectivity index (χ2v) is 4.55. The van der Waals surface area contributed by atoms with Crippen LogP contribution in [0.4, 0.5) is 0 Å². The van der Waals surface area contributed by atoms with Crippen molar-refractivity contribution in [3.05, 3.63) is 18.0 Å². The molecule has 0 spiro atoms. The Morgan fingerprint density at radius 3 is 3.12 bits per heavy atom. The lowest BCUT2D eigenvalue weighted by Gasteiger charge is -2.15. The van der Waals surface area contributed by atoms with Gasteiger partial charge in [-0.15, -0.1) is 0 Å². The molecule has 0 radical (unpaired) electrons. The van der Waals surface area contributed by atoms with Crippen molar-refractivity contribution < 1.29 is 4.74 Å². The summed E-state index contributed by atoms with van der Waals surface area (Å²) in [6.45, 7) is 4.11. The smallest absolute Gasteiger partial charge is 0.0700 e. The van der Waals surface area contributed by atoms with E-state index in [-0.39, 0.29) is 0 Å². The predicted molar refractivity (Wildman–Crippen MR) is 63.4 cm³/mol. The number of rotatable bonds is 5. The molecule has 4 nitrogen and oxygen atoms in total. The highest BCUT2D eigenvalue weighted by atomic mass is 16.5. The van der Waals surface area contributed by atoms with Crippen molar-refractivity contribution >= 4 is 0 Å². The van der Waals surface area contributed by atoms with Crippen molar-refractivity contribution in [3.63, 3.8) is 0 Å². The summed E-state index contributed by atoms with van der Waals surface area (Å²) < 4.78 is 7.37. The molecule has 16 heavy (non-hydrogen) atoms. The number of ether oxygens (including phenoxy) is 1. The third-order valence-corrected chi connectivity index (χ3v) is 3.18. The van der Waals surface area contributed by atoms with Crippen LogP contribution in [0.25, 0.3) is 0 Å². The summed E-state index contributed by atoms with van der Waals surface area (Å²) in [5.74, 6) is 0. The van der Waals surface area contributed by atoms with Gasteiger partial charge >= 0.3 is 0 Å². The third-order valence-electron chi connectivity index (χ3n) is 3.18. The SMILES string of the molecule is CC1OCCC1NCCCc1cnn(C)c1. The van der Waals surface area contributed by atoms with Gasteiger partial charge in [0, 0.05) is 25.9 Å². The minimum absolute atomic E-state index is 0.374. The third kappa shape index (κ3) is 3.06. The number of aromatic nitrogens is 2. The van der Waals surface area contributed by atoms with E-state index in [1.807, 2.05) is 17.9 Å². The molecule has 0 bridgehead atoms. The molecule has 1 aromatic rings. The van der Waals surface area contributed by atoms with Gasteiger partial charge in [-0.25, -0.2) is 0 Å². The van der Waals surface area contributed by atoms with Gasteiger partial charge in [0.25, 0.3) is 0 Å². The van der Waals surface area contributed by atoms with E-state index in [0.717, 1.165) is 32.4 Å². The van der Waals surface area contributed by atoms with Crippen molar-refractivity contribution in [3.8, 4) is 0 Å². The Hall–Kier alpha value is -0.870. The average molecular weight is 223 g/mol. The molecule has 2 heterocycles. The molecule has 1 saturated heterocycles. The van der Waals surface area contributed by atoms with Crippen LogP contribution >= 0.6 is 0 Å². The summed E-state index contributed by atoms with van der Waals surface area (Å²) >= 11 is 0. The lowest BCUT2D eigenvalue weighted by atomic mass is 10.1. The molecular weight excluding hydrogens is 202 g/mol. The van der Waals surface area contributed by atoms with Crippen LogP contribution in [0.1, 0.15) is 25.3 Å². The van der Waals surface area contributed by atoms with Gasteiger partial charge in [-0.3, -0.25) is 4.68 Å². The van der Waals surface area contributed by atoms with E-state index in [1.54, 1.807) is 0 Å². The van der Waals surface area contributed by atoms with E-state index < -0.39 is 0 Å². The highest BCUT2D eigenvalue weighted by molar-refractivity contribution is 5.03. The summed E-state index contributed by atoms with van der Waals surface area (Å²) in [4.78, 5) is 0. The lowest BCUT2D eigenvalue weighted by molar-refractivity contribution is 0.113. The lowest BCUT2D eigenvalue weighted by Crippen LogP contribution is -2.35. The Labute approximate surface area is 97.0 Å². The molecule has 1 N–H and O–H groups in total. The number of hydrogen-bond acceptors (Lipinski definition) is 3. The van der Waals surface area contributed by atoms with Gasteiger partial charge in [0.2, 0.25) is 0 Å². The summed E-state index contributed by atoms with van der Waals surface area (Å²) in [5.41, 5.74) is 1.32. The molecule has 2 atom stereocenters. The van der Waals surface area contributed by atoms with Gasteiger partial charge in [0.1, 0.15) is 0 Å². The molecule has 0 aliphatic carbocycles. The largest absolute Gasteiger partial charge is 0.377 e. The van der Waals surface area contributed by atoms with E-state index in [1.165, 1.54) is 5.56 Å². The Morgan fingerprint density at radius 2 is 2.50 bits per heavy atom. The van der Waals surface area contributed by atoms with E-state index >= 15 is 0 Å². The van der Waals surface area contributed by atoms with E-state index in [9.17, 15) is 0 Å². The van der Waals surface area contributed by atoms with Gasteiger partial charge in [-0.05, 0) is 38.3 Å². The molecule has 0 amide bonds. The Bertz CT molecular complexity index is 324. The first kappa shape index (κ1) is 11.6. The first-order valence-electron chi connectivity index (χ1n) is 6.08. The van der Waals surface area contributed by atoms with Crippen molar-refractivity contribution in [2.45, 2.75) is 38.3 Å². The first-order valence-corrected chi connectivity index (χ1v) is 6.08. The van der Waals surface area contributed by atoms with E-state index in [4.69, 9.17) is 4.74 Å². The zero-order valence-corrected chi connectivity index (χ0v) is 10.1. The summed E-state index contributed by atoms with van der Waals surface area (Å²) in [6, 6.07) is 0.550. The van der Waals surface area contributed by atoms with Crippen LogP contribution in [0.5, 0.6) is 0 Å². The van der Waals surface area contributed by atoms with Crippen LogP contribution in [0.15, 0.2) is 12.4 Å². The summed E-state index contributed by atoms with van der Waals surface area (Å²) in [5, 5.41) is 7.72. The van der Waals surface area contributed by atoms with Crippen LogP contribution in [-0.2, 0) is 18.2 Å². The minimum Gasteiger partial charge on any atom is -0.377 e. The fourth-order valence-corrected chi connectivity index (χ4v) is 2.18. The van der Waals surface area contributed by atoms with Crippen LogP contribution in [0.3, 0.4) is 0 Å². The maximum atomic E-state index is 5.51. The highest BCUT2D eigenvalue weighted by Gasteiger charge is 2.22. The van der Waals surface area contributed by atoms with Crippen molar-refractivity contribution in [2.75, 3.05) is 13.2 Å². The maximum Gasteiger partial charge on any atom is 0.0700 e. The average Bonchev–Trinajstić information content (AvgIpc) is 2.83. The number of aryl methyl sites for hydroxylation is 2. The van der Waals surface area contributed by atoms with Gasteiger partial charge in [-0.2, -0.15) is 5.10 Å². The summed E-state index contributed by atoms with van der Waals surface area (Å²) in [6.07, 6.45) is 7.81. The zero-order valence-electron chi connectivity index (χ0n) is 10.1. The molecule has 4 heteroatoms. The highest BCUT2D eigenvalue weighted by Crippen LogP contribution is 2.12. The molecule has 2 rings (SSSR count). The summed E-state index contributed by atoms with van der Waals surface area (Å²) in [7, 11) is 1.96. The van der Waals surface area contributed by atoms with E-state index in [2.05, 4.69) is 23.5 Å². The van der Waals surface area contributed by atoms with Crippen molar-refractivity contribution in [2.24, 2.45) is 7.05 Å². The van der Waals surface area contributed by atoms with Crippen LogP contribution in [0.2, 0.25) is 0 Å². The quantitative estimate of drug-likeness (QED) is 0.760. The van der Waals surface area contributed by atoms with Gasteiger partial charge in [0.15, 0.2) is 0 Å². The second kappa shape index (κ2) is 5.46. The standard InChI is InChI=1S/C12H21N3O/c1-10-12(5-7-16-10)13-6-3-4-11-8-14-15(2)9-11/h8-10,12-13H,3-7H2,1-2H3. The first-order chi connectivity index (χ1) is 7.75. The van der Waals surface area contributed by atoms with Crippen molar-refractivity contribution in [1.82, 2.24) is 15.1 Å². The Morgan fingerprint density at radius 1 is 1.62 bits per heavy atom. The molecule has 1 fully saturated rings. The normalized spacial score (nSPS) is 25.1. The minimum atomic E-state index is 0.374. The fraction of sp³-hybridized carbons (Fsp3) is 0.750. The van der Waals surface area contributed by atoms with E-state index in [0.29, 0.717) is 12.1 Å². The molecular formula is C12H21N3O. The molecule has 1 aromatic heterocycles. The molecule has 0 aromatic carbocycles. The van der Waals surface area contributed by atoms with Crippen molar-refractivity contribution in [1.29, 1.82) is 0 Å². The topological polar surface area (TPSA) is 39.1 Å². The van der Waals surface area contributed by atoms with Crippen LogP contribution < -0.4 is 5.32 Å². The Kier molecular flexibility index (Phi) is 3.96. The Balaban J connectivity index is 1.61. The monoisotopic (exact) mass is 223 g/mol. The number of nitrogens with one attached hydrogen (secondary N) is 1. The molecule has 1 aliphatic rings. The molecule has 1 aliphatic heterocycles. The molecule has 90 valence electrons. The molecule has 2 unspecified atom stereocenters. The second-order valence-electron chi connectivity index (χ2n) is 4.55. The van der Waals surface area contributed by atoms with Gasteiger partial charge < -0.3 is 10.1 Å². The predicted octanol–water partition coefficient (Wildman–Crippen LogP) is 1.12. The van der Waals surface area contributed by atoms with Crippen LogP contribution in [0, 0.1) is 0 Å². The molecule has 0 saturated carbocycles. The van der Waals surface area contributed by atoms with Gasteiger partial charge in [-0.1, -0.05) is 0 Å². The zero-order chi connectivity index (χ0) is 11.4. The number of hydrogen-bond donors (Lipinski definition) is 1.